The number of hydrogen-bond donors (Lipinski definition) is 3. The average molecular weight is 193 g/mol. The highest BCUT2D eigenvalue weighted by Crippen LogP contribution is 1.92. The molecule has 0 heterocycles. The van der Waals surface area contributed by atoms with Crippen molar-refractivity contribution in [1.82, 2.24) is 5.32 Å². The maximum Gasteiger partial charge on any atom is 0.230 e. The molecule has 1 atom stereocenters. The largest absolute Gasteiger partial charge is 0.396 e. The van der Waals surface area contributed by atoms with Crippen molar-refractivity contribution in [2.75, 3.05) is 26.1 Å². The Balaban J connectivity index is 3.68. The SMILES string of the molecule is COCC(CCO)NC(=O)CS. The molecule has 1 unspecified atom stereocenters. The first-order valence-electron chi connectivity index (χ1n) is 3.74. The lowest BCUT2D eigenvalue weighted by molar-refractivity contribution is -0.119. The van der Waals surface area contributed by atoms with Crippen molar-refractivity contribution in [2.24, 2.45) is 0 Å². The van der Waals surface area contributed by atoms with Crippen molar-refractivity contribution in [3.8, 4) is 0 Å². The average Bonchev–Trinajstić information content (AvgIpc) is 2.05. The minimum absolute atomic E-state index is 0.0425. The van der Waals surface area contributed by atoms with Gasteiger partial charge in [0.25, 0.3) is 0 Å². The summed E-state index contributed by atoms with van der Waals surface area (Å²) in [6.07, 6.45) is 0.507. The number of nitrogens with one attached hydrogen (secondary N) is 1. The fourth-order valence-corrected chi connectivity index (χ4v) is 0.919. The Morgan fingerprint density at radius 1 is 1.75 bits per heavy atom. The maximum absolute atomic E-state index is 10.8. The summed E-state index contributed by atoms with van der Waals surface area (Å²) in [6.45, 7) is 0.459. The summed E-state index contributed by atoms with van der Waals surface area (Å²) in [7, 11) is 1.55. The standard InChI is InChI=1S/C7H15NO3S/c1-11-4-6(2-3-9)8-7(10)5-12/h6,9,12H,2-5H2,1H3,(H,8,10). The van der Waals surface area contributed by atoms with Gasteiger partial charge in [0.2, 0.25) is 5.91 Å². The molecule has 72 valence electrons. The Bertz CT molecular complexity index is 126. The van der Waals surface area contributed by atoms with Gasteiger partial charge >= 0.3 is 0 Å². The van der Waals surface area contributed by atoms with E-state index in [0.717, 1.165) is 0 Å². The third-order valence-corrected chi connectivity index (χ3v) is 1.64. The summed E-state index contributed by atoms with van der Waals surface area (Å²) in [6, 6.07) is -0.111. The van der Waals surface area contributed by atoms with Gasteiger partial charge in [0.05, 0.1) is 18.4 Å². The van der Waals surface area contributed by atoms with Gasteiger partial charge in [0.15, 0.2) is 0 Å². The van der Waals surface area contributed by atoms with E-state index in [2.05, 4.69) is 17.9 Å². The van der Waals surface area contributed by atoms with Crippen LogP contribution in [0.2, 0.25) is 0 Å². The van der Waals surface area contributed by atoms with E-state index in [0.29, 0.717) is 13.0 Å². The van der Waals surface area contributed by atoms with Gasteiger partial charge in [0, 0.05) is 13.7 Å². The Morgan fingerprint density at radius 3 is 2.83 bits per heavy atom. The third kappa shape index (κ3) is 5.40. The lowest BCUT2D eigenvalue weighted by Gasteiger charge is -2.15. The molecular formula is C7H15NO3S. The summed E-state index contributed by atoms with van der Waals surface area (Å²) < 4.78 is 4.85. The molecule has 0 aromatic carbocycles. The second-order valence-electron chi connectivity index (χ2n) is 2.39. The van der Waals surface area contributed by atoms with Gasteiger partial charge < -0.3 is 15.2 Å². The fraction of sp³-hybridized carbons (Fsp3) is 0.857. The van der Waals surface area contributed by atoms with Crippen molar-refractivity contribution in [1.29, 1.82) is 0 Å². The second-order valence-corrected chi connectivity index (χ2v) is 2.71. The van der Waals surface area contributed by atoms with E-state index < -0.39 is 0 Å². The van der Waals surface area contributed by atoms with Crippen LogP contribution in [0.4, 0.5) is 0 Å². The first kappa shape index (κ1) is 11.7. The zero-order chi connectivity index (χ0) is 9.40. The van der Waals surface area contributed by atoms with Crippen LogP contribution in [-0.4, -0.2) is 43.1 Å². The highest BCUT2D eigenvalue weighted by molar-refractivity contribution is 7.81. The molecule has 0 aliphatic rings. The number of aliphatic hydroxyl groups excluding tert-OH is 1. The molecule has 4 nitrogen and oxygen atoms in total. The van der Waals surface area contributed by atoms with Gasteiger partial charge in [-0.1, -0.05) is 0 Å². The predicted octanol–water partition coefficient (Wildman–Crippen LogP) is -0.570. The first-order valence-corrected chi connectivity index (χ1v) is 4.37. The summed E-state index contributed by atoms with van der Waals surface area (Å²) in [5, 5.41) is 11.3. The van der Waals surface area contributed by atoms with Crippen molar-refractivity contribution in [2.45, 2.75) is 12.5 Å². The van der Waals surface area contributed by atoms with E-state index in [4.69, 9.17) is 9.84 Å². The van der Waals surface area contributed by atoms with Crippen LogP contribution < -0.4 is 5.32 Å². The van der Waals surface area contributed by atoms with Crippen molar-refractivity contribution in [3.05, 3.63) is 0 Å². The lowest BCUT2D eigenvalue weighted by Crippen LogP contribution is -2.39. The van der Waals surface area contributed by atoms with Crippen LogP contribution in [0.5, 0.6) is 0 Å². The molecule has 0 saturated carbocycles. The van der Waals surface area contributed by atoms with E-state index in [9.17, 15) is 4.79 Å². The molecule has 0 bridgehead atoms. The number of methoxy groups -OCH3 is 1. The van der Waals surface area contributed by atoms with E-state index in [1.54, 1.807) is 7.11 Å². The highest BCUT2D eigenvalue weighted by Gasteiger charge is 2.09. The monoisotopic (exact) mass is 193 g/mol. The summed E-state index contributed by atoms with van der Waals surface area (Å²) in [5.74, 6) is 0.0138. The molecule has 12 heavy (non-hydrogen) atoms. The van der Waals surface area contributed by atoms with Gasteiger partial charge in [-0.2, -0.15) is 12.6 Å². The van der Waals surface area contributed by atoms with E-state index >= 15 is 0 Å². The van der Waals surface area contributed by atoms with Gasteiger partial charge in [0.1, 0.15) is 0 Å². The van der Waals surface area contributed by atoms with Gasteiger partial charge in [-0.05, 0) is 6.42 Å². The number of amides is 1. The Morgan fingerprint density at radius 2 is 2.42 bits per heavy atom. The molecule has 2 N–H and O–H groups in total. The highest BCUT2D eigenvalue weighted by atomic mass is 32.1. The van der Waals surface area contributed by atoms with E-state index in [-0.39, 0.29) is 24.3 Å². The molecule has 0 rings (SSSR count). The normalized spacial score (nSPS) is 12.6. The summed E-state index contributed by atoms with van der Waals surface area (Å²) >= 11 is 3.81. The first-order chi connectivity index (χ1) is 5.74. The molecule has 0 aliphatic carbocycles. The van der Waals surface area contributed by atoms with Crippen molar-refractivity contribution < 1.29 is 14.6 Å². The van der Waals surface area contributed by atoms with Crippen LogP contribution in [0, 0.1) is 0 Å². The molecule has 0 aromatic rings. The molecule has 0 aliphatic heterocycles. The lowest BCUT2D eigenvalue weighted by atomic mass is 10.2. The Kier molecular flexibility index (Phi) is 7.23. The number of hydrogen-bond acceptors (Lipinski definition) is 4. The van der Waals surface area contributed by atoms with E-state index in [1.165, 1.54) is 0 Å². The smallest absolute Gasteiger partial charge is 0.230 e. The molecule has 0 aromatic heterocycles. The maximum atomic E-state index is 10.8. The minimum Gasteiger partial charge on any atom is -0.396 e. The minimum atomic E-state index is -0.145. The molecule has 0 saturated heterocycles. The molecule has 5 heteroatoms. The number of carbonyl (C=O) groups is 1. The molecule has 1 amide bonds. The Labute approximate surface area is 77.7 Å². The molecule has 0 radical (unpaired) electrons. The molecule has 0 fully saturated rings. The van der Waals surface area contributed by atoms with Crippen LogP contribution in [0.3, 0.4) is 0 Å². The number of aliphatic hydroxyl groups is 1. The van der Waals surface area contributed by atoms with Gasteiger partial charge in [-0.25, -0.2) is 0 Å². The van der Waals surface area contributed by atoms with Gasteiger partial charge in [-0.3, -0.25) is 4.79 Å². The quantitative estimate of drug-likeness (QED) is 0.495. The van der Waals surface area contributed by atoms with Crippen LogP contribution in [0.25, 0.3) is 0 Å². The number of carbonyl (C=O) groups excluding carboxylic acids is 1. The third-order valence-electron chi connectivity index (χ3n) is 1.35. The van der Waals surface area contributed by atoms with Crippen LogP contribution >= 0.6 is 12.6 Å². The van der Waals surface area contributed by atoms with Crippen molar-refractivity contribution in [3.63, 3.8) is 0 Å². The summed E-state index contributed by atoms with van der Waals surface area (Å²) in [5.41, 5.74) is 0. The molecule has 0 spiro atoms. The van der Waals surface area contributed by atoms with Crippen LogP contribution in [0.1, 0.15) is 6.42 Å². The van der Waals surface area contributed by atoms with Crippen molar-refractivity contribution >= 4 is 18.5 Å². The summed E-state index contributed by atoms with van der Waals surface area (Å²) in [4.78, 5) is 10.8. The Hall–Kier alpha value is -0.260. The second kappa shape index (κ2) is 7.39. The number of thiol groups is 1. The predicted molar refractivity (Wildman–Crippen MR) is 49.4 cm³/mol. The van der Waals surface area contributed by atoms with Gasteiger partial charge in [-0.15, -0.1) is 0 Å². The topological polar surface area (TPSA) is 58.6 Å². The number of rotatable bonds is 6. The van der Waals surface area contributed by atoms with Crippen LogP contribution in [0.15, 0.2) is 0 Å². The molecular weight excluding hydrogens is 178 g/mol. The fourth-order valence-electron chi connectivity index (χ4n) is 0.828. The zero-order valence-electron chi connectivity index (χ0n) is 7.12. The zero-order valence-corrected chi connectivity index (χ0v) is 8.01. The van der Waals surface area contributed by atoms with E-state index in [1.807, 2.05) is 0 Å². The number of ether oxygens (including phenoxy) is 1. The van der Waals surface area contributed by atoms with Crippen LogP contribution in [-0.2, 0) is 9.53 Å².